The monoisotopic (exact) mass is 184 g/mol. The van der Waals surface area contributed by atoms with Crippen molar-refractivity contribution < 1.29 is 9.50 Å². The summed E-state index contributed by atoms with van der Waals surface area (Å²) in [5, 5.41) is 8.85. The predicted octanol–water partition coefficient (Wildman–Crippen LogP) is 2.47. The van der Waals surface area contributed by atoms with Gasteiger partial charge in [0.05, 0.1) is 0 Å². The Hall–Kier alpha value is -0.960. The van der Waals surface area contributed by atoms with Gasteiger partial charge in [0.15, 0.2) is 11.6 Å². The molecular formula is C9H9FOS. The Morgan fingerprint density at radius 1 is 1.50 bits per heavy atom. The van der Waals surface area contributed by atoms with Gasteiger partial charge in [0, 0.05) is 5.75 Å². The third-order valence-corrected chi connectivity index (χ3v) is 1.60. The van der Waals surface area contributed by atoms with Crippen molar-refractivity contribution >= 4 is 18.7 Å². The van der Waals surface area contributed by atoms with Crippen LogP contribution in [0.5, 0.6) is 5.75 Å². The van der Waals surface area contributed by atoms with E-state index in [1.807, 2.05) is 0 Å². The van der Waals surface area contributed by atoms with E-state index >= 15 is 0 Å². The fraction of sp³-hybridized carbons (Fsp3) is 0.111. The van der Waals surface area contributed by atoms with Crippen molar-refractivity contribution in [3.05, 3.63) is 35.7 Å². The Morgan fingerprint density at radius 3 is 2.83 bits per heavy atom. The first-order valence-electron chi connectivity index (χ1n) is 3.50. The third kappa shape index (κ3) is 2.27. The molecule has 0 heterocycles. The van der Waals surface area contributed by atoms with Gasteiger partial charge in [0.2, 0.25) is 0 Å². The van der Waals surface area contributed by atoms with Crippen LogP contribution in [0.15, 0.2) is 24.3 Å². The fourth-order valence-corrected chi connectivity index (χ4v) is 0.921. The quantitative estimate of drug-likeness (QED) is 0.676. The maximum absolute atomic E-state index is 12.7. The summed E-state index contributed by atoms with van der Waals surface area (Å²) >= 11 is 3.97. The second kappa shape index (κ2) is 4.16. The lowest BCUT2D eigenvalue weighted by Gasteiger charge is -1.95. The molecule has 0 radical (unpaired) electrons. The van der Waals surface area contributed by atoms with Crippen LogP contribution in [0.4, 0.5) is 4.39 Å². The number of halogens is 1. The molecule has 1 aromatic rings. The fourth-order valence-electron chi connectivity index (χ4n) is 0.816. The smallest absolute Gasteiger partial charge is 0.165 e. The van der Waals surface area contributed by atoms with Crippen LogP contribution in [-0.4, -0.2) is 10.9 Å². The average Bonchev–Trinajstić information content (AvgIpc) is 2.07. The summed E-state index contributed by atoms with van der Waals surface area (Å²) in [6.45, 7) is 0. The van der Waals surface area contributed by atoms with Gasteiger partial charge >= 0.3 is 0 Å². The maximum Gasteiger partial charge on any atom is 0.165 e. The molecule has 0 aliphatic carbocycles. The van der Waals surface area contributed by atoms with Crippen molar-refractivity contribution in [2.75, 3.05) is 5.75 Å². The lowest BCUT2D eigenvalue weighted by atomic mass is 10.2. The summed E-state index contributed by atoms with van der Waals surface area (Å²) < 4.78 is 12.7. The minimum absolute atomic E-state index is 0.321. The molecular weight excluding hydrogens is 175 g/mol. The van der Waals surface area contributed by atoms with Crippen LogP contribution in [-0.2, 0) is 0 Å². The molecule has 64 valence electrons. The van der Waals surface area contributed by atoms with E-state index < -0.39 is 5.82 Å². The van der Waals surface area contributed by atoms with Crippen LogP contribution >= 0.6 is 12.6 Å². The van der Waals surface area contributed by atoms with Crippen molar-refractivity contribution in [1.82, 2.24) is 0 Å². The second-order valence-corrected chi connectivity index (χ2v) is 2.66. The van der Waals surface area contributed by atoms with E-state index in [1.165, 1.54) is 12.1 Å². The normalized spacial score (nSPS) is 10.8. The molecule has 0 saturated heterocycles. The topological polar surface area (TPSA) is 20.2 Å². The zero-order valence-electron chi connectivity index (χ0n) is 6.37. The molecule has 0 bridgehead atoms. The van der Waals surface area contributed by atoms with E-state index in [1.54, 1.807) is 18.2 Å². The lowest BCUT2D eigenvalue weighted by molar-refractivity contribution is 0.432. The first kappa shape index (κ1) is 9.13. The Morgan fingerprint density at radius 2 is 2.25 bits per heavy atom. The van der Waals surface area contributed by atoms with Gasteiger partial charge < -0.3 is 5.11 Å². The highest BCUT2D eigenvalue weighted by Gasteiger charge is 1.97. The van der Waals surface area contributed by atoms with Crippen molar-refractivity contribution in [2.45, 2.75) is 0 Å². The van der Waals surface area contributed by atoms with Gasteiger partial charge in [-0.15, -0.1) is 0 Å². The van der Waals surface area contributed by atoms with Gasteiger partial charge in [0.25, 0.3) is 0 Å². The van der Waals surface area contributed by atoms with Gasteiger partial charge in [0.1, 0.15) is 0 Å². The summed E-state index contributed by atoms with van der Waals surface area (Å²) in [6.07, 6.45) is 3.55. The Balaban J connectivity index is 2.89. The van der Waals surface area contributed by atoms with E-state index in [4.69, 9.17) is 5.11 Å². The number of hydrogen-bond donors (Lipinski definition) is 2. The molecule has 0 aliphatic heterocycles. The highest BCUT2D eigenvalue weighted by Crippen LogP contribution is 2.16. The number of thiol groups is 1. The number of phenolic OH excluding ortho intramolecular Hbond substituents is 1. The number of phenols is 1. The van der Waals surface area contributed by atoms with Crippen molar-refractivity contribution in [1.29, 1.82) is 0 Å². The first-order valence-corrected chi connectivity index (χ1v) is 4.13. The van der Waals surface area contributed by atoms with Crippen molar-refractivity contribution in [3.8, 4) is 5.75 Å². The predicted molar refractivity (Wildman–Crippen MR) is 51.0 cm³/mol. The second-order valence-electron chi connectivity index (χ2n) is 2.30. The first-order chi connectivity index (χ1) is 5.74. The van der Waals surface area contributed by atoms with Gasteiger partial charge in [-0.25, -0.2) is 4.39 Å². The highest BCUT2D eigenvalue weighted by molar-refractivity contribution is 7.80. The van der Waals surface area contributed by atoms with Crippen molar-refractivity contribution in [2.24, 2.45) is 0 Å². The number of aromatic hydroxyl groups is 1. The van der Waals surface area contributed by atoms with Crippen LogP contribution in [0.2, 0.25) is 0 Å². The van der Waals surface area contributed by atoms with E-state index in [9.17, 15) is 4.39 Å². The summed E-state index contributed by atoms with van der Waals surface area (Å²) in [6, 6.07) is 4.24. The molecule has 0 unspecified atom stereocenters. The van der Waals surface area contributed by atoms with E-state index in [0.717, 1.165) is 5.56 Å². The zero-order chi connectivity index (χ0) is 8.97. The molecule has 0 amide bonds. The molecule has 0 fully saturated rings. The van der Waals surface area contributed by atoms with Crippen LogP contribution in [0.25, 0.3) is 6.08 Å². The summed E-state index contributed by atoms with van der Waals surface area (Å²) in [7, 11) is 0. The van der Waals surface area contributed by atoms with E-state index in [0.29, 0.717) is 5.75 Å². The Kier molecular flexibility index (Phi) is 3.17. The summed E-state index contributed by atoms with van der Waals surface area (Å²) in [4.78, 5) is 0. The molecule has 3 heteroatoms. The number of benzene rings is 1. The minimum atomic E-state index is -0.601. The maximum atomic E-state index is 12.7. The standard InChI is InChI=1S/C9H9FOS/c10-8-6-7(2-1-5-12)3-4-9(8)11/h1-4,6,11-12H,5H2. The largest absolute Gasteiger partial charge is 0.505 e. The molecule has 0 aliphatic rings. The Labute approximate surface area is 76.0 Å². The molecule has 1 N–H and O–H groups in total. The zero-order valence-corrected chi connectivity index (χ0v) is 7.26. The average molecular weight is 184 g/mol. The molecule has 0 aromatic heterocycles. The number of hydrogen-bond acceptors (Lipinski definition) is 2. The van der Waals surface area contributed by atoms with Crippen LogP contribution < -0.4 is 0 Å². The summed E-state index contributed by atoms with van der Waals surface area (Å²) in [5.41, 5.74) is 0.722. The van der Waals surface area contributed by atoms with Crippen LogP contribution in [0.3, 0.4) is 0 Å². The molecule has 12 heavy (non-hydrogen) atoms. The molecule has 0 saturated carbocycles. The Bertz CT molecular complexity index is 297. The SMILES string of the molecule is Oc1ccc(C=CCS)cc1F. The number of rotatable bonds is 2. The highest BCUT2D eigenvalue weighted by atomic mass is 32.1. The lowest BCUT2D eigenvalue weighted by Crippen LogP contribution is -1.78. The van der Waals surface area contributed by atoms with Crippen LogP contribution in [0, 0.1) is 5.82 Å². The van der Waals surface area contributed by atoms with Gasteiger partial charge in [-0.05, 0) is 17.7 Å². The van der Waals surface area contributed by atoms with Gasteiger partial charge in [-0.2, -0.15) is 12.6 Å². The minimum Gasteiger partial charge on any atom is -0.505 e. The third-order valence-electron chi connectivity index (χ3n) is 1.39. The van der Waals surface area contributed by atoms with E-state index in [2.05, 4.69) is 12.6 Å². The van der Waals surface area contributed by atoms with Gasteiger partial charge in [-0.3, -0.25) is 0 Å². The molecule has 0 spiro atoms. The molecule has 1 rings (SSSR count). The van der Waals surface area contributed by atoms with Crippen molar-refractivity contribution in [3.63, 3.8) is 0 Å². The van der Waals surface area contributed by atoms with Crippen LogP contribution in [0.1, 0.15) is 5.56 Å². The molecule has 1 nitrogen and oxygen atoms in total. The molecule has 0 atom stereocenters. The summed E-state index contributed by atoms with van der Waals surface area (Å²) in [5.74, 6) is -0.308. The molecule has 1 aromatic carbocycles. The van der Waals surface area contributed by atoms with E-state index in [-0.39, 0.29) is 5.75 Å². The van der Waals surface area contributed by atoms with Gasteiger partial charge in [-0.1, -0.05) is 18.2 Å².